The van der Waals surface area contributed by atoms with Crippen LogP contribution >= 0.6 is 0 Å². The zero-order valence-electron chi connectivity index (χ0n) is 14.7. The maximum atomic E-state index is 6.41. The number of likely N-dealkylation sites (tertiary alicyclic amines) is 1. The van der Waals surface area contributed by atoms with Crippen molar-refractivity contribution >= 4 is 5.96 Å². The number of guanidine groups is 1. The predicted molar refractivity (Wildman–Crippen MR) is 99.0 cm³/mol. The lowest BCUT2D eigenvalue weighted by atomic mass is 9.90. The number of nitrogens with two attached hydrogens (primary N) is 1. The molecule has 1 unspecified atom stereocenters. The van der Waals surface area contributed by atoms with Crippen LogP contribution in [0.2, 0.25) is 0 Å². The van der Waals surface area contributed by atoms with Gasteiger partial charge in [-0.3, -0.25) is 0 Å². The summed E-state index contributed by atoms with van der Waals surface area (Å²) in [6.07, 6.45) is 8.44. The van der Waals surface area contributed by atoms with E-state index in [9.17, 15) is 0 Å². The molecule has 0 saturated carbocycles. The third-order valence-corrected chi connectivity index (χ3v) is 5.30. The second-order valence-electron chi connectivity index (χ2n) is 7.11. The molecule has 0 amide bonds. The first-order valence-electron chi connectivity index (χ1n) is 9.54. The van der Waals surface area contributed by atoms with Crippen molar-refractivity contribution in [3.05, 3.63) is 35.9 Å². The number of benzene rings is 1. The van der Waals surface area contributed by atoms with E-state index in [0.29, 0.717) is 5.92 Å². The first-order valence-corrected chi connectivity index (χ1v) is 9.54. The van der Waals surface area contributed by atoms with Crippen molar-refractivity contribution in [2.24, 2.45) is 16.6 Å². The summed E-state index contributed by atoms with van der Waals surface area (Å²) in [6, 6.07) is 10.8. The minimum Gasteiger partial charge on any atom is -0.381 e. The zero-order valence-corrected chi connectivity index (χ0v) is 14.7. The van der Waals surface area contributed by atoms with Gasteiger partial charge in [0.2, 0.25) is 0 Å². The molecule has 0 aliphatic carbocycles. The Morgan fingerprint density at radius 1 is 1.08 bits per heavy atom. The fourth-order valence-corrected chi connectivity index (χ4v) is 3.78. The highest BCUT2D eigenvalue weighted by Gasteiger charge is 2.21. The van der Waals surface area contributed by atoms with Crippen molar-refractivity contribution in [2.45, 2.75) is 51.0 Å². The topological polar surface area (TPSA) is 50.9 Å². The van der Waals surface area contributed by atoms with Crippen molar-refractivity contribution < 1.29 is 4.74 Å². The van der Waals surface area contributed by atoms with Crippen LogP contribution in [-0.2, 0) is 4.74 Å². The van der Waals surface area contributed by atoms with E-state index in [1.54, 1.807) is 0 Å². The molecule has 1 aromatic carbocycles. The van der Waals surface area contributed by atoms with Crippen LogP contribution in [0.15, 0.2) is 35.3 Å². The molecule has 0 aromatic heterocycles. The SMILES string of the molecule is NC(=NC(CC1CCOCC1)c1ccccc1)N1CCCCCC1. The normalized spacial score (nSPS) is 22.2. The van der Waals surface area contributed by atoms with Crippen LogP contribution in [0.5, 0.6) is 0 Å². The minimum absolute atomic E-state index is 0.164. The summed E-state index contributed by atoms with van der Waals surface area (Å²) in [5.74, 6) is 1.42. The zero-order chi connectivity index (χ0) is 16.6. The molecule has 1 atom stereocenters. The summed E-state index contributed by atoms with van der Waals surface area (Å²) in [4.78, 5) is 7.27. The van der Waals surface area contributed by atoms with Gasteiger partial charge in [0, 0.05) is 26.3 Å². The number of ether oxygens (including phenoxy) is 1. The summed E-state index contributed by atoms with van der Waals surface area (Å²) in [5, 5.41) is 0. The van der Waals surface area contributed by atoms with Crippen molar-refractivity contribution in [3.63, 3.8) is 0 Å². The Morgan fingerprint density at radius 2 is 1.75 bits per heavy atom. The van der Waals surface area contributed by atoms with E-state index < -0.39 is 0 Å². The summed E-state index contributed by atoms with van der Waals surface area (Å²) >= 11 is 0. The molecule has 2 aliphatic heterocycles. The van der Waals surface area contributed by atoms with Crippen LogP contribution in [-0.4, -0.2) is 37.2 Å². The van der Waals surface area contributed by atoms with E-state index in [2.05, 4.69) is 35.2 Å². The third-order valence-electron chi connectivity index (χ3n) is 5.30. The molecule has 0 spiro atoms. The van der Waals surface area contributed by atoms with Gasteiger partial charge >= 0.3 is 0 Å². The Balaban J connectivity index is 1.73. The molecule has 3 rings (SSSR count). The Morgan fingerprint density at radius 3 is 2.42 bits per heavy atom. The van der Waals surface area contributed by atoms with Crippen LogP contribution < -0.4 is 5.73 Å². The van der Waals surface area contributed by atoms with E-state index in [1.807, 2.05) is 0 Å². The highest BCUT2D eigenvalue weighted by molar-refractivity contribution is 5.78. The molecule has 0 radical (unpaired) electrons. The van der Waals surface area contributed by atoms with Gasteiger partial charge in [-0.2, -0.15) is 0 Å². The van der Waals surface area contributed by atoms with Gasteiger partial charge in [0.15, 0.2) is 5.96 Å². The molecule has 132 valence electrons. The molecule has 2 heterocycles. The Labute approximate surface area is 146 Å². The van der Waals surface area contributed by atoms with Gasteiger partial charge in [-0.05, 0) is 43.6 Å². The lowest BCUT2D eigenvalue weighted by Gasteiger charge is -2.27. The fraction of sp³-hybridized carbons (Fsp3) is 0.650. The van der Waals surface area contributed by atoms with Gasteiger partial charge in [0.05, 0.1) is 6.04 Å². The predicted octanol–water partition coefficient (Wildman–Crippen LogP) is 3.74. The van der Waals surface area contributed by atoms with Crippen molar-refractivity contribution in [1.82, 2.24) is 4.90 Å². The van der Waals surface area contributed by atoms with Crippen LogP contribution in [0.25, 0.3) is 0 Å². The standard InChI is InChI=1S/C20H31N3O/c21-20(23-12-6-1-2-7-13-23)22-19(18-8-4-3-5-9-18)16-17-10-14-24-15-11-17/h3-5,8-9,17,19H,1-2,6-7,10-16H2,(H2,21,22). The molecule has 2 N–H and O–H groups in total. The van der Waals surface area contributed by atoms with Crippen LogP contribution in [0, 0.1) is 5.92 Å². The first-order chi connectivity index (χ1) is 11.8. The molecule has 2 fully saturated rings. The van der Waals surface area contributed by atoms with Gasteiger partial charge in [-0.15, -0.1) is 0 Å². The highest BCUT2D eigenvalue weighted by Crippen LogP contribution is 2.30. The third kappa shape index (κ3) is 4.97. The maximum absolute atomic E-state index is 6.41. The minimum atomic E-state index is 0.164. The van der Waals surface area contributed by atoms with Gasteiger partial charge in [0.1, 0.15) is 0 Å². The van der Waals surface area contributed by atoms with Gasteiger partial charge in [-0.1, -0.05) is 43.2 Å². The van der Waals surface area contributed by atoms with Gasteiger partial charge in [0.25, 0.3) is 0 Å². The average molecular weight is 329 g/mol. The second kappa shape index (κ2) is 9.07. The first kappa shape index (κ1) is 17.3. The maximum Gasteiger partial charge on any atom is 0.191 e. The lowest BCUT2D eigenvalue weighted by Crippen LogP contribution is -2.38. The number of aliphatic imine (C=N–C) groups is 1. The number of rotatable bonds is 4. The smallest absolute Gasteiger partial charge is 0.191 e. The van der Waals surface area contributed by atoms with Crippen molar-refractivity contribution in [3.8, 4) is 0 Å². The number of nitrogens with zero attached hydrogens (tertiary/aromatic N) is 2. The summed E-state index contributed by atoms with van der Waals surface area (Å²) in [6.45, 7) is 3.87. The van der Waals surface area contributed by atoms with E-state index in [1.165, 1.54) is 31.2 Å². The molecule has 4 heteroatoms. The van der Waals surface area contributed by atoms with Crippen LogP contribution in [0.3, 0.4) is 0 Å². The quantitative estimate of drug-likeness (QED) is 0.676. The molecule has 0 bridgehead atoms. The molecule has 1 aromatic rings. The summed E-state index contributed by atoms with van der Waals surface area (Å²) in [5.41, 5.74) is 7.69. The van der Waals surface area contributed by atoms with Crippen LogP contribution in [0.1, 0.15) is 56.6 Å². The Hall–Kier alpha value is -1.55. The Bertz CT molecular complexity index is 503. The summed E-state index contributed by atoms with van der Waals surface area (Å²) < 4.78 is 5.51. The molecule has 2 aliphatic rings. The van der Waals surface area contributed by atoms with E-state index in [4.69, 9.17) is 15.5 Å². The fourth-order valence-electron chi connectivity index (χ4n) is 3.78. The number of hydrogen-bond donors (Lipinski definition) is 1. The average Bonchev–Trinajstić information content (AvgIpc) is 2.92. The van der Waals surface area contributed by atoms with E-state index >= 15 is 0 Å². The molecular weight excluding hydrogens is 298 g/mol. The van der Waals surface area contributed by atoms with E-state index in [0.717, 1.165) is 51.5 Å². The summed E-state index contributed by atoms with van der Waals surface area (Å²) in [7, 11) is 0. The highest BCUT2D eigenvalue weighted by atomic mass is 16.5. The Kier molecular flexibility index (Phi) is 6.53. The molecule has 4 nitrogen and oxygen atoms in total. The second-order valence-corrected chi connectivity index (χ2v) is 7.11. The lowest BCUT2D eigenvalue weighted by molar-refractivity contribution is 0.0619. The molecule has 24 heavy (non-hydrogen) atoms. The van der Waals surface area contributed by atoms with Gasteiger partial charge < -0.3 is 15.4 Å². The van der Waals surface area contributed by atoms with Crippen LogP contribution in [0.4, 0.5) is 0 Å². The molecular formula is C20H31N3O. The number of hydrogen-bond acceptors (Lipinski definition) is 2. The van der Waals surface area contributed by atoms with Gasteiger partial charge in [-0.25, -0.2) is 4.99 Å². The van der Waals surface area contributed by atoms with Crippen molar-refractivity contribution in [1.29, 1.82) is 0 Å². The van der Waals surface area contributed by atoms with Crippen molar-refractivity contribution in [2.75, 3.05) is 26.3 Å². The molecule has 2 saturated heterocycles. The largest absolute Gasteiger partial charge is 0.381 e. The monoisotopic (exact) mass is 329 g/mol. The van der Waals surface area contributed by atoms with E-state index in [-0.39, 0.29) is 6.04 Å².